The Balaban J connectivity index is 2.18. The molecule has 8 nitrogen and oxygen atoms in total. The molecule has 3 N–H and O–H groups in total. The number of carbonyl (C=O) groups excluding carboxylic acids is 2. The fraction of sp³-hybridized carbons (Fsp3) is 0.529. The Morgan fingerprint density at radius 1 is 1.31 bits per heavy atom. The van der Waals surface area contributed by atoms with E-state index in [1.807, 2.05) is 0 Å². The minimum absolute atomic E-state index is 0.0671. The summed E-state index contributed by atoms with van der Waals surface area (Å²) >= 11 is 0. The molecular weight excluding hydrogens is 358 g/mol. The number of nitrogens with one attached hydrogen (secondary N) is 1. The third-order valence-corrected chi connectivity index (χ3v) is 6.43. The molecule has 1 heterocycles. The molecule has 2 rings (SSSR count). The molecule has 1 saturated heterocycles. The van der Waals surface area contributed by atoms with Gasteiger partial charge in [-0.3, -0.25) is 9.59 Å². The highest BCUT2D eigenvalue weighted by Gasteiger charge is 2.31. The van der Waals surface area contributed by atoms with Crippen LogP contribution in [-0.2, 0) is 19.6 Å². The van der Waals surface area contributed by atoms with Crippen LogP contribution in [-0.4, -0.2) is 57.9 Å². The Bertz CT molecular complexity index is 771. The number of rotatable bonds is 7. The fourth-order valence-corrected chi connectivity index (χ4v) is 4.39. The van der Waals surface area contributed by atoms with Crippen LogP contribution < -0.4 is 11.1 Å². The van der Waals surface area contributed by atoms with Crippen LogP contribution in [0.5, 0.6) is 0 Å². The average Bonchev–Trinajstić information content (AvgIpc) is 2.62. The van der Waals surface area contributed by atoms with Gasteiger partial charge in [-0.25, -0.2) is 8.42 Å². The van der Waals surface area contributed by atoms with E-state index in [2.05, 4.69) is 5.32 Å². The number of methoxy groups -OCH3 is 1. The second-order valence-electron chi connectivity index (χ2n) is 6.31. The topological polar surface area (TPSA) is 119 Å². The zero-order valence-electron chi connectivity index (χ0n) is 15.0. The van der Waals surface area contributed by atoms with E-state index in [4.69, 9.17) is 10.5 Å². The van der Waals surface area contributed by atoms with Crippen LogP contribution in [0.1, 0.15) is 28.8 Å². The lowest BCUT2D eigenvalue weighted by Crippen LogP contribution is -2.41. The van der Waals surface area contributed by atoms with Gasteiger partial charge in [-0.1, -0.05) is 6.07 Å². The number of nitrogens with two attached hydrogens (primary N) is 1. The fourth-order valence-electron chi connectivity index (χ4n) is 2.90. The first-order chi connectivity index (χ1) is 12.3. The molecule has 1 aliphatic rings. The Hall–Kier alpha value is -1.97. The molecule has 0 radical (unpaired) electrons. The van der Waals surface area contributed by atoms with Crippen LogP contribution in [0.25, 0.3) is 0 Å². The smallest absolute Gasteiger partial charge is 0.251 e. The maximum Gasteiger partial charge on any atom is 0.251 e. The summed E-state index contributed by atoms with van der Waals surface area (Å²) in [5.74, 6) is -1.03. The molecule has 1 aromatic carbocycles. The van der Waals surface area contributed by atoms with Crippen LogP contribution in [0.15, 0.2) is 23.1 Å². The van der Waals surface area contributed by atoms with Crippen LogP contribution in [0.3, 0.4) is 0 Å². The first kappa shape index (κ1) is 20.3. The lowest BCUT2D eigenvalue weighted by molar-refractivity contribution is -0.122. The van der Waals surface area contributed by atoms with Gasteiger partial charge in [-0.05, 0) is 37.5 Å². The van der Waals surface area contributed by atoms with Gasteiger partial charge >= 0.3 is 0 Å². The Morgan fingerprint density at radius 2 is 1.96 bits per heavy atom. The molecule has 0 unspecified atom stereocenters. The molecule has 1 aromatic rings. The normalized spacial score (nSPS) is 16.4. The highest BCUT2D eigenvalue weighted by molar-refractivity contribution is 7.89. The van der Waals surface area contributed by atoms with E-state index in [1.54, 1.807) is 13.0 Å². The van der Waals surface area contributed by atoms with Crippen molar-refractivity contribution in [3.63, 3.8) is 0 Å². The van der Waals surface area contributed by atoms with Gasteiger partial charge in [0.05, 0.1) is 11.5 Å². The number of piperidine rings is 1. The summed E-state index contributed by atoms with van der Waals surface area (Å²) in [6.07, 6.45) is 0.815. The van der Waals surface area contributed by atoms with Crippen molar-refractivity contribution in [2.24, 2.45) is 11.7 Å². The summed E-state index contributed by atoms with van der Waals surface area (Å²) in [5.41, 5.74) is 6.29. The summed E-state index contributed by atoms with van der Waals surface area (Å²) in [7, 11) is -2.20. The monoisotopic (exact) mass is 383 g/mol. The Kier molecular flexibility index (Phi) is 6.74. The highest BCUT2D eigenvalue weighted by atomic mass is 32.2. The molecule has 144 valence electrons. The predicted octanol–water partition coefficient (Wildman–Crippen LogP) is 0.257. The van der Waals surface area contributed by atoms with Crippen molar-refractivity contribution >= 4 is 21.8 Å². The molecule has 0 aliphatic carbocycles. The van der Waals surface area contributed by atoms with Gasteiger partial charge in [-0.2, -0.15) is 4.31 Å². The van der Waals surface area contributed by atoms with Crippen molar-refractivity contribution in [1.29, 1.82) is 0 Å². The number of amides is 2. The number of primary amides is 1. The first-order valence-corrected chi connectivity index (χ1v) is 9.88. The van der Waals surface area contributed by atoms with Gasteiger partial charge < -0.3 is 15.8 Å². The standard InChI is InChI=1S/C17H25N3O5S/c1-12-3-4-14(11-15(12)17(22)19-7-10-25-2)26(23,24)20-8-5-13(6-9-20)16(18)21/h3-4,11,13H,5-10H2,1-2H3,(H2,18,21)(H,19,22). The van der Waals surface area contributed by atoms with Gasteiger partial charge in [0.2, 0.25) is 15.9 Å². The summed E-state index contributed by atoms with van der Waals surface area (Å²) < 4.78 is 32.0. The molecule has 26 heavy (non-hydrogen) atoms. The van der Waals surface area contributed by atoms with Crippen molar-refractivity contribution < 1.29 is 22.7 Å². The van der Waals surface area contributed by atoms with Crippen LogP contribution >= 0.6 is 0 Å². The Morgan fingerprint density at radius 3 is 2.54 bits per heavy atom. The molecule has 0 aromatic heterocycles. The highest BCUT2D eigenvalue weighted by Crippen LogP contribution is 2.25. The molecule has 0 spiro atoms. The SMILES string of the molecule is COCCNC(=O)c1cc(S(=O)(=O)N2CCC(C(N)=O)CC2)ccc1C. The number of ether oxygens (including phenoxy) is 1. The molecule has 1 aliphatic heterocycles. The van der Waals surface area contributed by atoms with Crippen LogP contribution in [0.4, 0.5) is 0 Å². The van der Waals surface area contributed by atoms with Gasteiger partial charge in [0.25, 0.3) is 5.91 Å². The van der Waals surface area contributed by atoms with E-state index in [0.29, 0.717) is 37.1 Å². The predicted molar refractivity (Wildman–Crippen MR) is 96.1 cm³/mol. The van der Waals surface area contributed by atoms with Crippen molar-refractivity contribution in [1.82, 2.24) is 9.62 Å². The van der Waals surface area contributed by atoms with E-state index < -0.39 is 15.9 Å². The van der Waals surface area contributed by atoms with E-state index in [9.17, 15) is 18.0 Å². The maximum atomic E-state index is 12.9. The third kappa shape index (κ3) is 4.60. The minimum atomic E-state index is -3.73. The van der Waals surface area contributed by atoms with E-state index in [0.717, 1.165) is 0 Å². The van der Waals surface area contributed by atoms with Gasteiger partial charge in [0.15, 0.2) is 0 Å². The van der Waals surface area contributed by atoms with Crippen molar-refractivity contribution in [2.45, 2.75) is 24.7 Å². The first-order valence-electron chi connectivity index (χ1n) is 8.44. The second-order valence-corrected chi connectivity index (χ2v) is 8.24. The number of sulfonamides is 1. The van der Waals surface area contributed by atoms with Gasteiger partial charge in [0.1, 0.15) is 0 Å². The zero-order valence-corrected chi connectivity index (χ0v) is 15.8. The average molecular weight is 383 g/mol. The second kappa shape index (κ2) is 8.61. The molecule has 0 saturated carbocycles. The number of hydrogen-bond donors (Lipinski definition) is 2. The molecule has 1 fully saturated rings. The van der Waals surface area contributed by atoms with Crippen molar-refractivity contribution in [3.8, 4) is 0 Å². The maximum absolute atomic E-state index is 12.9. The molecule has 0 atom stereocenters. The lowest BCUT2D eigenvalue weighted by Gasteiger charge is -2.29. The summed E-state index contributed by atoms with van der Waals surface area (Å²) in [6.45, 7) is 2.93. The van der Waals surface area contributed by atoms with E-state index >= 15 is 0 Å². The number of benzene rings is 1. The molecule has 9 heteroatoms. The molecule has 0 bridgehead atoms. The lowest BCUT2D eigenvalue weighted by atomic mass is 9.98. The Labute approximate surface area is 153 Å². The summed E-state index contributed by atoms with van der Waals surface area (Å²) in [5, 5.41) is 2.69. The van der Waals surface area contributed by atoms with Gasteiger partial charge in [-0.15, -0.1) is 0 Å². The quantitative estimate of drug-likeness (QED) is 0.655. The minimum Gasteiger partial charge on any atom is -0.383 e. The van der Waals surface area contributed by atoms with Gasteiger partial charge in [0, 0.05) is 38.2 Å². The number of hydrogen-bond acceptors (Lipinski definition) is 5. The summed E-state index contributed by atoms with van der Waals surface area (Å²) in [4.78, 5) is 23.6. The third-order valence-electron chi connectivity index (χ3n) is 4.54. The number of carbonyl (C=O) groups is 2. The van der Waals surface area contributed by atoms with Crippen LogP contribution in [0, 0.1) is 12.8 Å². The molecular formula is C17H25N3O5S. The summed E-state index contributed by atoms with van der Waals surface area (Å²) in [6, 6.07) is 4.51. The van der Waals surface area contributed by atoms with Crippen molar-refractivity contribution in [2.75, 3.05) is 33.4 Å². The van der Waals surface area contributed by atoms with E-state index in [1.165, 1.54) is 23.5 Å². The number of nitrogens with zero attached hydrogens (tertiary/aromatic N) is 1. The van der Waals surface area contributed by atoms with E-state index in [-0.39, 0.29) is 29.8 Å². The van der Waals surface area contributed by atoms with Crippen molar-refractivity contribution in [3.05, 3.63) is 29.3 Å². The van der Waals surface area contributed by atoms with Crippen LogP contribution in [0.2, 0.25) is 0 Å². The largest absolute Gasteiger partial charge is 0.383 e. The zero-order chi connectivity index (χ0) is 19.3. The molecule has 2 amide bonds. The number of aryl methyl sites for hydroxylation is 1.